The monoisotopic (exact) mass is 260 g/mol. The van der Waals surface area contributed by atoms with Crippen molar-refractivity contribution in [1.82, 2.24) is 4.72 Å². The maximum Gasteiger partial charge on any atom is 0.208 e. The van der Waals surface area contributed by atoms with Crippen LogP contribution in [-0.2, 0) is 10.0 Å². The summed E-state index contributed by atoms with van der Waals surface area (Å²) < 4.78 is 29.2. The van der Waals surface area contributed by atoms with Gasteiger partial charge in [-0.25, -0.2) is 13.1 Å². The molecule has 0 aliphatic heterocycles. The van der Waals surface area contributed by atoms with Gasteiger partial charge in [-0.05, 0) is 18.6 Å². The Morgan fingerprint density at radius 3 is 2.71 bits per heavy atom. The molecule has 0 heterocycles. The quantitative estimate of drug-likeness (QED) is 0.399. The molecule has 0 unspecified atom stereocenters. The summed E-state index contributed by atoms with van der Waals surface area (Å²) in [4.78, 5) is 0. The summed E-state index contributed by atoms with van der Waals surface area (Å²) in [5.74, 6) is 0.528. The number of nitrogens with one attached hydrogen (secondary N) is 1. The van der Waals surface area contributed by atoms with Crippen LogP contribution >= 0.6 is 0 Å². The average Bonchev–Trinajstić information content (AvgIpc) is 2.18. The maximum atomic E-state index is 10.8. The number of ether oxygens (including phenoxy) is 1. The summed E-state index contributed by atoms with van der Waals surface area (Å²) in [6.45, 7) is 2.13. The second kappa shape index (κ2) is 5.24. The molecular weight excluding hydrogens is 244 g/mol. The van der Waals surface area contributed by atoms with Gasteiger partial charge < -0.3 is 15.6 Å². The number of aryl methyl sites for hydroxylation is 1. The van der Waals surface area contributed by atoms with Crippen LogP contribution in [-0.4, -0.2) is 32.9 Å². The van der Waals surface area contributed by atoms with Crippen molar-refractivity contribution in [1.29, 1.82) is 0 Å². The molecule has 1 aromatic rings. The van der Waals surface area contributed by atoms with E-state index in [9.17, 15) is 13.5 Å². The number of hydrogen-bond donors (Lipinski definition) is 3. The molecule has 0 saturated carbocycles. The summed E-state index contributed by atoms with van der Waals surface area (Å²) in [6.07, 6.45) is 1.08. The zero-order valence-electron chi connectivity index (χ0n) is 9.73. The third-order valence-corrected chi connectivity index (χ3v) is 2.78. The SMILES string of the molecule is Cc1cc(O)c(N)cc1OCCNS(C)(=O)=O. The molecule has 6 nitrogen and oxygen atoms in total. The van der Waals surface area contributed by atoms with E-state index >= 15 is 0 Å². The Balaban J connectivity index is 2.55. The number of nitrogens with two attached hydrogens (primary N) is 1. The van der Waals surface area contributed by atoms with Crippen molar-refractivity contribution < 1.29 is 18.3 Å². The Labute approximate surface area is 100 Å². The first-order valence-electron chi connectivity index (χ1n) is 4.96. The number of nitrogen functional groups attached to an aromatic ring is 1. The first-order chi connectivity index (χ1) is 7.79. The van der Waals surface area contributed by atoms with Gasteiger partial charge >= 0.3 is 0 Å². The first-order valence-corrected chi connectivity index (χ1v) is 6.85. The van der Waals surface area contributed by atoms with Crippen LogP contribution in [0.2, 0.25) is 0 Å². The van der Waals surface area contributed by atoms with Crippen molar-refractivity contribution in [3.8, 4) is 11.5 Å². The smallest absolute Gasteiger partial charge is 0.208 e. The Hall–Kier alpha value is -1.47. The fourth-order valence-corrected chi connectivity index (χ4v) is 1.69. The van der Waals surface area contributed by atoms with E-state index in [0.29, 0.717) is 5.75 Å². The number of benzene rings is 1. The summed E-state index contributed by atoms with van der Waals surface area (Å²) in [6, 6.07) is 3.00. The van der Waals surface area contributed by atoms with E-state index in [2.05, 4.69) is 4.72 Å². The Bertz CT molecular complexity index is 499. The van der Waals surface area contributed by atoms with Gasteiger partial charge in [-0.15, -0.1) is 0 Å². The molecule has 1 aromatic carbocycles. The summed E-state index contributed by atoms with van der Waals surface area (Å²) in [7, 11) is -3.20. The molecule has 0 aliphatic rings. The Kier molecular flexibility index (Phi) is 4.19. The lowest BCUT2D eigenvalue weighted by molar-refractivity contribution is 0.320. The fraction of sp³-hybridized carbons (Fsp3) is 0.400. The van der Waals surface area contributed by atoms with Crippen LogP contribution in [0.15, 0.2) is 12.1 Å². The predicted molar refractivity (Wildman–Crippen MR) is 65.6 cm³/mol. The van der Waals surface area contributed by atoms with Crippen LogP contribution in [0.1, 0.15) is 5.56 Å². The van der Waals surface area contributed by atoms with Crippen molar-refractivity contribution in [3.05, 3.63) is 17.7 Å². The van der Waals surface area contributed by atoms with Gasteiger partial charge in [0.25, 0.3) is 0 Å². The number of hydrogen-bond acceptors (Lipinski definition) is 5. The van der Waals surface area contributed by atoms with Crippen molar-refractivity contribution in [2.45, 2.75) is 6.92 Å². The van der Waals surface area contributed by atoms with Gasteiger partial charge in [-0.2, -0.15) is 0 Å². The topological polar surface area (TPSA) is 102 Å². The molecule has 0 atom stereocenters. The molecule has 1 rings (SSSR count). The fourth-order valence-electron chi connectivity index (χ4n) is 1.23. The number of rotatable bonds is 5. The number of phenolic OH excluding ortho intramolecular Hbond substituents is 1. The lowest BCUT2D eigenvalue weighted by Gasteiger charge is -2.11. The van der Waals surface area contributed by atoms with Crippen molar-refractivity contribution >= 4 is 15.7 Å². The van der Waals surface area contributed by atoms with Crippen LogP contribution in [0.4, 0.5) is 5.69 Å². The zero-order valence-corrected chi connectivity index (χ0v) is 10.5. The van der Waals surface area contributed by atoms with Crippen LogP contribution in [0.5, 0.6) is 11.5 Å². The van der Waals surface area contributed by atoms with E-state index in [1.54, 1.807) is 6.92 Å². The van der Waals surface area contributed by atoms with E-state index in [-0.39, 0.29) is 24.6 Å². The van der Waals surface area contributed by atoms with Gasteiger partial charge in [0, 0.05) is 12.6 Å². The van der Waals surface area contributed by atoms with Crippen molar-refractivity contribution in [3.63, 3.8) is 0 Å². The summed E-state index contributed by atoms with van der Waals surface area (Å²) >= 11 is 0. The van der Waals surface area contributed by atoms with Crippen LogP contribution in [0.25, 0.3) is 0 Å². The highest BCUT2D eigenvalue weighted by molar-refractivity contribution is 7.88. The van der Waals surface area contributed by atoms with E-state index in [4.69, 9.17) is 10.5 Å². The highest BCUT2D eigenvalue weighted by Crippen LogP contribution is 2.29. The Morgan fingerprint density at radius 1 is 1.47 bits per heavy atom. The molecule has 4 N–H and O–H groups in total. The molecule has 0 aromatic heterocycles. The molecule has 0 saturated heterocycles. The zero-order chi connectivity index (χ0) is 13.1. The molecule has 17 heavy (non-hydrogen) atoms. The predicted octanol–water partition coefficient (Wildman–Crippen LogP) is 0.211. The van der Waals surface area contributed by atoms with Crippen LogP contribution in [0.3, 0.4) is 0 Å². The molecule has 0 aliphatic carbocycles. The second-order valence-electron chi connectivity index (χ2n) is 3.69. The van der Waals surface area contributed by atoms with E-state index < -0.39 is 10.0 Å². The van der Waals surface area contributed by atoms with E-state index in [0.717, 1.165) is 11.8 Å². The Morgan fingerprint density at radius 2 is 2.12 bits per heavy atom. The highest BCUT2D eigenvalue weighted by atomic mass is 32.2. The molecule has 0 fully saturated rings. The molecular formula is C10H16N2O4S. The van der Waals surface area contributed by atoms with Crippen molar-refractivity contribution in [2.24, 2.45) is 0 Å². The number of phenols is 1. The lowest BCUT2D eigenvalue weighted by Crippen LogP contribution is -2.27. The normalized spacial score (nSPS) is 11.4. The third kappa shape index (κ3) is 4.49. The number of sulfonamides is 1. The van der Waals surface area contributed by atoms with Gasteiger partial charge in [0.05, 0.1) is 11.9 Å². The van der Waals surface area contributed by atoms with Crippen LogP contribution in [0, 0.1) is 6.92 Å². The minimum absolute atomic E-state index is 0.00381. The van der Waals surface area contributed by atoms with Gasteiger partial charge in [-0.3, -0.25) is 0 Å². The molecule has 0 amide bonds. The van der Waals surface area contributed by atoms with Gasteiger partial charge in [-0.1, -0.05) is 0 Å². The molecule has 0 bridgehead atoms. The second-order valence-corrected chi connectivity index (χ2v) is 5.52. The highest BCUT2D eigenvalue weighted by Gasteiger charge is 2.05. The minimum atomic E-state index is -3.20. The van der Waals surface area contributed by atoms with Gasteiger partial charge in [0.1, 0.15) is 18.1 Å². The van der Waals surface area contributed by atoms with Crippen molar-refractivity contribution in [2.75, 3.05) is 25.1 Å². The third-order valence-electron chi connectivity index (χ3n) is 2.05. The van der Waals surface area contributed by atoms with E-state index in [1.807, 2.05) is 0 Å². The average molecular weight is 260 g/mol. The maximum absolute atomic E-state index is 10.8. The van der Waals surface area contributed by atoms with Gasteiger partial charge in [0.2, 0.25) is 10.0 Å². The van der Waals surface area contributed by atoms with Gasteiger partial charge in [0.15, 0.2) is 0 Å². The molecule has 0 radical (unpaired) electrons. The first kappa shape index (κ1) is 13.6. The number of anilines is 1. The lowest BCUT2D eigenvalue weighted by atomic mass is 10.2. The molecule has 7 heteroatoms. The van der Waals surface area contributed by atoms with E-state index in [1.165, 1.54) is 12.1 Å². The largest absolute Gasteiger partial charge is 0.506 e. The molecule has 0 spiro atoms. The number of aromatic hydroxyl groups is 1. The summed E-state index contributed by atoms with van der Waals surface area (Å²) in [5, 5.41) is 9.33. The minimum Gasteiger partial charge on any atom is -0.506 e. The summed E-state index contributed by atoms with van der Waals surface area (Å²) in [5.41, 5.74) is 6.48. The standard InChI is InChI=1S/C10H16N2O4S/c1-7-5-9(13)8(11)6-10(7)16-4-3-12-17(2,14)15/h5-6,12-13H,3-4,11H2,1-2H3. The molecule has 96 valence electrons. The van der Waals surface area contributed by atoms with Crippen LogP contribution < -0.4 is 15.2 Å².